The quantitative estimate of drug-likeness (QED) is 0.552. The van der Waals surface area contributed by atoms with E-state index < -0.39 is 20.0 Å². The van der Waals surface area contributed by atoms with Gasteiger partial charge >= 0.3 is 0 Å². The molecule has 0 saturated carbocycles. The molecule has 1 aromatic carbocycles. The number of hydrogen-bond donors (Lipinski definition) is 2. The van der Waals surface area contributed by atoms with E-state index in [9.17, 15) is 16.8 Å². The zero-order chi connectivity index (χ0) is 20.0. The normalized spacial score (nSPS) is 12.6. The van der Waals surface area contributed by atoms with Crippen LogP contribution in [0.15, 0.2) is 23.1 Å². The predicted octanol–water partition coefficient (Wildman–Crippen LogP) is 2.94. The average Bonchev–Trinajstić information content (AvgIpc) is 2.54. The lowest BCUT2D eigenvalue weighted by Crippen LogP contribution is -2.23. The van der Waals surface area contributed by atoms with Gasteiger partial charge in [-0.25, -0.2) is 21.1 Å². The Morgan fingerprint density at radius 2 is 1.73 bits per heavy atom. The summed E-state index contributed by atoms with van der Waals surface area (Å²) in [5, 5.41) is 3.17. The molecule has 150 valence electrons. The lowest BCUT2D eigenvalue weighted by Gasteiger charge is -2.17. The summed E-state index contributed by atoms with van der Waals surface area (Å²) < 4.78 is 53.1. The van der Waals surface area contributed by atoms with Crippen molar-refractivity contribution >= 4 is 31.4 Å². The molecule has 0 unspecified atom stereocenters. The fourth-order valence-corrected chi connectivity index (χ4v) is 4.46. The second kappa shape index (κ2) is 9.57. The van der Waals surface area contributed by atoms with E-state index in [2.05, 4.69) is 17.0 Å². The van der Waals surface area contributed by atoms with E-state index in [4.69, 9.17) is 0 Å². The molecule has 0 saturated heterocycles. The largest absolute Gasteiger partial charge is 0.383 e. The van der Waals surface area contributed by atoms with E-state index >= 15 is 0 Å². The first-order valence-corrected chi connectivity index (χ1v) is 11.9. The SMILES string of the molecule is CCCCNc1ccc(S(=O)(=O)N(C)C)cc1NS(=O)(=O)CCC(C)C. The number of hydrogen-bond acceptors (Lipinski definition) is 5. The maximum Gasteiger partial charge on any atom is 0.242 e. The Bertz CT molecular complexity index is 788. The van der Waals surface area contributed by atoms with Crippen LogP contribution in [-0.2, 0) is 20.0 Å². The van der Waals surface area contributed by atoms with Crippen molar-refractivity contribution in [2.45, 2.75) is 44.9 Å². The van der Waals surface area contributed by atoms with Crippen molar-refractivity contribution in [1.82, 2.24) is 4.31 Å². The van der Waals surface area contributed by atoms with Crippen LogP contribution in [0.5, 0.6) is 0 Å². The van der Waals surface area contributed by atoms with Crippen LogP contribution in [0, 0.1) is 5.92 Å². The molecule has 0 spiro atoms. The van der Waals surface area contributed by atoms with Crippen molar-refractivity contribution in [2.24, 2.45) is 5.92 Å². The molecule has 0 radical (unpaired) electrons. The van der Waals surface area contributed by atoms with Gasteiger partial charge in [0.1, 0.15) is 0 Å². The van der Waals surface area contributed by atoms with Gasteiger partial charge < -0.3 is 5.32 Å². The summed E-state index contributed by atoms with van der Waals surface area (Å²) in [5.41, 5.74) is 0.831. The van der Waals surface area contributed by atoms with Crippen molar-refractivity contribution in [3.05, 3.63) is 18.2 Å². The third-order valence-electron chi connectivity index (χ3n) is 3.84. The molecule has 0 atom stereocenters. The van der Waals surface area contributed by atoms with E-state index in [1.165, 1.54) is 26.2 Å². The first-order valence-electron chi connectivity index (χ1n) is 8.80. The molecule has 0 heterocycles. The van der Waals surface area contributed by atoms with Crippen LogP contribution in [0.25, 0.3) is 0 Å². The molecule has 0 aliphatic heterocycles. The standard InChI is InChI=1S/C17H31N3O4S2/c1-6-7-11-18-16-9-8-15(26(23,24)20(4)5)13-17(16)19-25(21,22)12-10-14(2)3/h8-9,13-14,18-19H,6-7,10-12H2,1-5H3. The van der Waals surface area contributed by atoms with Gasteiger partial charge in [0.2, 0.25) is 20.0 Å². The van der Waals surface area contributed by atoms with Gasteiger partial charge in [-0.05, 0) is 37.0 Å². The number of nitrogens with one attached hydrogen (secondary N) is 2. The van der Waals surface area contributed by atoms with E-state index in [0.717, 1.165) is 17.1 Å². The van der Waals surface area contributed by atoms with E-state index in [0.29, 0.717) is 18.7 Å². The lowest BCUT2D eigenvalue weighted by atomic mass is 10.2. The first-order chi connectivity index (χ1) is 12.0. The van der Waals surface area contributed by atoms with Gasteiger partial charge in [-0.1, -0.05) is 27.2 Å². The minimum absolute atomic E-state index is 0.0102. The maximum atomic E-state index is 12.4. The zero-order valence-corrected chi connectivity index (χ0v) is 17.9. The highest BCUT2D eigenvalue weighted by Crippen LogP contribution is 2.28. The number of unbranched alkanes of at least 4 members (excludes halogenated alkanes) is 1. The van der Waals surface area contributed by atoms with Gasteiger partial charge in [0.05, 0.1) is 22.0 Å². The molecule has 0 aliphatic rings. The zero-order valence-electron chi connectivity index (χ0n) is 16.2. The number of benzene rings is 1. The van der Waals surface area contributed by atoms with Gasteiger partial charge in [-0.2, -0.15) is 0 Å². The van der Waals surface area contributed by atoms with Gasteiger partial charge in [0, 0.05) is 20.6 Å². The van der Waals surface area contributed by atoms with Crippen molar-refractivity contribution in [2.75, 3.05) is 36.4 Å². The van der Waals surface area contributed by atoms with E-state index in [-0.39, 0.29) is 22.3 Å². The van der Waals surface area contributed by atoms with Gasteiger partial charge in [0.25, 0.3) is 0 Å². The summed E-state index contributed by atoms with van der Waals surface area (Å²) in [4.78, 5) is 0.0464. The fraction of sp³-hybridized carbons (Fsp3) is 0.647. The third kappa shape index (κ3) is 6.77. The highest BCUT2D eigenvalue weighted by molar-refractivity contribution is 7.92. The Morgan fingerprint density at radius 3 is 2.27 bits per heavy atom. The third-order valence-corrected chi connectivity index (χ3v) is 6.96. The topological polar surface area (TPSA) is 95.6 Å². The Labute approximate surface area is 158 Å². The maximum absolute atomic E-state index is 12.4. The second-order valence-corrected chi connectivity index (χ2v) is 10.9. The van der Waals surface area contributed by atoms with Gasteiger partial charge in [-0.3, -0.25) is 4.72 Å². The smallest absolute Gasteiger partial charge is 0.242 e. The number of rotatable bonds is 11. The number of sulfonamides is 2. The monoisotopic (exact) mass is 405 g/mol. The van der Waals surface area contributed by atoms with Crippen molar-refractivity contribution in [3.8, 4) is 0 Å². The Morgan fingerprint density at radius 1 is 1.08 bits per heavy atom. The van der Waals surface area contributed by atoms with E-state index in [1.807, 2.05) is 13.8 Å². The molecule has 26 heavy (non-hydrogen) atoms. The van der Waals surface area contributed by atoms with Crippen molar-refractivity contribution in [3.63, 3.8) is 0 Å². The van der Waals surface area contributed by atoms with Gasteiger partial charge in [0.15, 0.2) is 0 Å². The summed E-state index contributed by atoms with van der Waals surface area (Å²) in [6, 6.07) is 4.46. The van der Waals surface area contributed by atoms with Crippen LogP contribution >= 0.6 is 0 Å². The first kappa shape index (κ1) is 22.7. The van der Waals surface area contributed by atoms with Crippen molar-refractivity contribution < 1.29 is 16.8 Å². The molecule has 0 aliphatic carbocycles. The summed E-state index contributed by atoms with van der Waals surface area (Å²) in [6.45, 7) is 6.65. The Hall–Kier alpha value is -1.32. The van der Waals surface area contributed by atoms with Crippen molar-refractivity contribution in [1.29, 1.82) is 0 Å². The highest BCUT2D eigenvalue weighted by Gasteiger charge is 2.21. The fourth-order valence-electron chi connectivity index (χ4n) is 2.14. The molecule has 7 nitrogen and oxygen atoms in total. The molecular formula is C17H31N3O4S2. The summed E-state index contributed by atoms with van der Waals surface area (Å²) in [6.07, 6.45) is 2.45. The summed E-state index contributed by atoms with van der Waals surface area (Å²) >= 11 is 0. The molecule has 0 fully saturated rings. The molecule has 0 aromatic heterocycles. The Balaban J connectivity index is 3.21. The molecule has 0 bridgehead atoms. The number of nitrogens with zero attached hydrogens (tertiary/aromatic N) is 1. The molecule has 1 aromatic rings. The second-order valence-electron chi connectivity index (χ2n) is 6.88. The van der Waals surface area contributed by atoms with Crippen LogP contribution < -0.4 is 10.0 Å². The predicted molar refractivity (Wildman–Crippen MR) is 108 cm³/mol. The van der Waals surface area contributed by atoms with E-state index in [1.54, 1.807) is 6.07 Å². The lowest BCUT2D eigenvalue weighted by molar-refractivity contribution is 0.521. The minimum atomic E-state index is -3.65. The van der Waals surface area contributed by atoms with Crippen LogP contribution in [0.4, 0.5) is 11.4 Å². The van der Waals surface area contributed by atoms with Gasteiger partial charge in [-0.15, -0.1) is 0 Å². The van der Waals surface area contributed by atoms with Crippen LogP contribution in [-0.4, -0.2) is 47.5 Å². The highest BCUT2D eigenvalue weighted by atomic mass is 32.2. The number of anilines is 2. The molecule has 2 N–H and O–H groups in total. The van der Waals surface area contributed by atoms with Crippen LogP contribution in [0.3, 0.4) is 0 Å². The Kier molecular flexibility index (Phi) is 8.36. The summed E-state index contributed by atoms with van der Waals surface area (Å²) in [5.74, 6) is 0.248. The summed E-state index contributed by atoms with van der Waals surface area (Å²) in [7, 11) is -4.34. The molecule has 0 amide bonds. The van der Waals surface area contributed by atoms with Crippen LogP contribution in [0.1, 0.15) is 40.0 Å². The molecule has 9 heteroatoms. The minimum Gasteiger partial charge on any atom is -0.383 e. The average molecular weight is 406 g/mol. The van der Waals surface area contributed by atoms with Crippen LogP contribution in [0.2, 0.25) is 0 Å². The molecular weight excluding hydrogens is 374 g/mol. The molecule has 1 rings (SSSR count).